The van der Waals surface area contributed by atoms with Gasteiger partial charge < -0.3 is 9.42 Å². The molecule has 2 aromatic heterocycles. The van der Waals surface area contributed by atoms with Gasteiger partial charge in [-0.25, -0.2) is 4.98 Å². The van der Waals surface area contributed by atoms with Crippen LogP contribution in [0.15, 0.2) is 34.9 Å². The number of nitrogens with zero attached hydrogens (tertiary/aromatic N) is 3. The second kappa shape index (κ2) is 5.99. The Hall–Kier alpha value is -2.69. The van der Waals surface area contributed by atoms with Crippen molar-refractivity contribution in [3.63, 3.8) is 0 Å². The van der Waals surface area contributed by atoms with Crippen LogP contribution < -0.4 is 0 Å². The fourth-order valence-electron chi connectivity index (χ4n) is 3.30. The zero-order valence-electron chi connectivity index (χ0n) is 14.7. The number of hydrogen-bond acceptors (Lipinski definition) is 4. The number of benzene rings is 1. The van der Waals surface area contributed by atoms with E-state index in [2.05, 4.69) is 35.3 Å². The van der Waals surface area contributed by atoms with Crippen LogP contribution in [0.3, 0.4) is 0 Å². The van der Waals surface area contributed by atoms with Crippen molar-refractivity contribution in [1.29, 1.82) is 0 Å². The van der Waals surface area contributed by atoms with Crippen molar-refractivity contribution in [2.45, 2.75) is 46.2 Å². The van der Waals surface area contributed by atoms with Gasteiger partial charge in [0, 0.05) is 18.3 Å². The molecule has 1 fully saturated rings. The number of fused-ring (bicyclic) bond motifs is 1. The fraction of sp³-hybridized carbons (Fsp3) is 0.350. The van der Waals surface area contributed by atoms with E-state index in [1.807, 2.05) is 30.9 Å². The van der Waals surface area contributed by atoms with E-state index in [0.29, 0.717) is 29.6 Å². The highest BCUT2D eigenvalue weighted by atomic mass is 16.5. The number of carbonyl (C=O) groups is 1. The topological polar surface area (TPSA) is 59.2 Å². The molecule has 0 saturated heterocycles. The summed E-state index contributed by atoms with van der Waals surface area (Å²) >= 11 is 0. The summed E-state index contributed by atoms with van der Waals surface area (Å²) in [7, 11) is 0. The Morgan fingerprint density at radius 1 is 1.24 bits per heavy atom. The van der Waals surface area contributed by atoms with Gasteiger partial charge >= 0.3 is 0 Å². The molecule has 5 nitrogen and oxygen atoms in total. The smallest absolute Gasteiger partial charge is 0.258 e. The first kappa shape index (κ1) is 15.8. The van der Waals surface area contributed by atoms with Crippen molar-refractivity contribution in [3.8, 4) is 0 Å². The third-order valence-electron chi connectivity index (χ3n) is 4.66. The van der Waals surface area contributed by atoms with Crippen LogP contribution in [0, 0.1) is 20.8 Å². The van der Waals surface area contributed by atoms with Crippen LogP contribution in [0.1, 0.15) is 45.7 Å². The molecule has 3 aromatic rings. The number of aryl methyl sites for hydroxylation is 3. The van der Waals surface area contributed by atoms with Gasteiger partial charge in [-0.05, 0) is 45.2 Å². The highest BCUT2D eigenvalue weighted by molar-refractivity contribution is 6.06. The third-order valence-corrected chi connectivity index (χ3v) is 4.66. The van der Waals surface area contributed by atoms with E-state index >= 15 is 0 Å². The van der Waals surface area contributed by atoms with Crippen LogP contribution in [-0.2, 0) is 6.54 Å². The van der Waals surface area contributed by atoms with Gasteiger partial charge in [0.15, 0.2) is 0 Å². The summed E-state index contributed by atoms with van der Waals surface area (Å²) in [5.41, 5.74) is 4.91. The predicted octanol–water partition coefficient (Wildman–Crippen LogP) is 3.95. The first-order valence-electron chi connectivity index (χ1n) is 8.63. The standard InChI is InChI=1S/C20H21N3O2/c1-12-5-4-6-15(9-12)11-23(16-7-8-16)20(24)17-10-13(2)21-19-18(17)14(3)22-25-19/h4-6,9-10,16H,7-8,11H2,1-3H3. The van der Waals surface area contributed by atoms with Gasteiger partial charge in [-0.2, -0.15) is 0 Å². The van der Waals surface area contributed by atoms with E-state index in [4.69, 9.17) is 4.52 Å². The molecule has 1 aliphatic carbocycles. The molecule has 0 atom stereocenters. The maximum Gasteiger partial charge on any atom is 0.258 e. The Balaban J connectivity index is 1.74. The van der Waals surface area contributed by atoms with E-state index in [9.17, 15) is 4.79 Å². The average Bonchev–Trinajstić information content (AvgIpc) is 3.35. The van der Waals surface area contributed by atoms with Crippen LogP contribution in [0.2, 0.25) is 0 Å². The fourth-order valence-corrected chi connectivity index (χ4v) is 3.30. The summed E-state index contributed by atoms with van der Waals surface area (Å²) in [5, 5.41) is 4.71. The molecule has 0 spiro atoms. The second-order valence-electron chi connectivity index (χ2n) is 6.91. The lowest BCUT2D eigenvalue weighted by atomic mass is 10.1. The molecular formula is C20H21N3O2. The molecule has 0 unspecified atom stereocenters. The number of hydrogen-bond donors (Lipinski definition) is 0. The molecule has 25 heavy (non-hydrogen) atoms. The number of carbonyl (C=O) groups excluding carboxylic acids is 1. The Morgan fingerprint density at radius 2 is 2.04 bits per heavy atom. The molecule has 1 aromatic carbocycles. The largest absolute Gasteiger partial charge is 0.336 e. The molecule has 1 aliphatic rings. The molecule has 4 rings (SSSR count). The normalized spacial score (nSPS) is 14.0. The molecule has 0 N–H and O–H groups in total. The molecule has 128 valence electrons. The minimum absolute atomic E-state index is 0.0332. The first-order chi connectivity index (χ1) is 12.0. The van der Waals surface area contributed by atoms with E-state index in [1.165, 1.54) is 5.56 Å². The highest BCUT2D eigenvalue weighted by Gasteiger charge is 2.34. The highest BCUT2D eigenvalue weighted by Crippen LogP contribution is 2.32. The molecule has 0 radical (unpaired) electrons. The van der Waals surface area contributed by atoms with Crippen LogP contribution in [0.5, 0.6) is 0 Å². The first-order valence-corrected chi connectivity index (χ1v) is 8.63. The van der Waals surface area contributed by atoms with Crippen molar-refractivity contribution in [2.24, 2.45) is 0 Å². The summed E-state index contributed by atoms with van der Waals surface area (Å²) in [5.74, 6) is 0.0332. The van der Waals surface area contributed by atoms with Crippen LogP contribution >= 0.6 is 0 Å². The van der Waals surface area contributed by atoms with E-state index in [-0.39, 0.29) is 5.91 Å². The molecule has 1 saturated carbocycles. The Morgan fingerprint density at radius 3 is 2.76 bits per heavy atom. The van der Waals surface area contributed by atoms with Crippen molar-refractivity contribution in [3.05, 3.63) is 58.4 Å². The lowest BCUT2D eigenvalue weighted by molar-refractivity contribution is 0.0731. The second-order valence-corrected chi connectivity index (χ2v) is 6.91. The SMILES string of the molecule is Cc1cccc(CN(C(=O)c2cc(C)nc3onc(C)c23)C2CC2)c1. The summed E-state index contributed by atoms with van der Waals surface area (Å²) in [6.07, 6.45) is 2.13. The maximum atomic E-state index is 13.4. The molecular weight excluding hydrogens is 314 g/mol. The van der Waals surface area contributed by atoms with E-state index < -0.39 is 0 Å². The zero-order chi connectivity index (χ0) is 17.6. The Bertz CT molecular complexity index is 957. The number of aromatic nitrogens is 2. The van der Waals surface area contributed by atoms with Crippen molar-refractivity contribution >= 4 is 17.0 Å². The minimum atomic E-state index is 0.0332. The van der Waals surface area contributed by atoms with Gasteiger partial charge in [-0.1, -0.05) is 35.0 Å². The van der Waals surface area contributed by atoms with Gasteiger partial charge in [-0.3, -0.25) is 4.79 Å². The molecule has 1 amide bonds. The van der Waals surface area contributed by atoms with Gasteiger partial charge in [0.2, 0.25) is 0 Å². The number of amides is 1. The van der Waals surface area contributed by atoms with Gasteiger partial charge in [0.05, 0.1) is 16.6 Å². The maximum absolute atomic E-state index is 13.4. The van der Waals surface area contributed by atoms with E-state index in [0.717, 1.165) is 29.5 Å². The van der Waals surface area contributed by atoms with Crippen molar-refractivity contribution < 1.29 is 9.32 Å². The lowest BCUT2D eigenvalue weighted by Gasteiger charge is -2.23. The average molecular weight is 335 g/mol. The van der Waals surface area contributed by atoms with E-state index in [1.54, 1.807) is 0 Å². The predicted molar refractivity (Wildman–Crippen MR) is 95.4 cm³/mol. The Kier molecular flexibility index (Phi) is 3.79. The van der Waals surface area contributed by atoms with Gasteiger partial charge in [0.1, 0.15) is 0 Å². The third kappa shape index (κ3) is 3.02. The molecule has 0 bridgehead atoms. The monoisotopic (exact) mass is 335 g/mol. The number of rotatable bonds is 4. The molecule has 5 heteroatoms. The van der Waals surface area contributed by atoms with Crippen molar-refractivity contribution in [2.75, 3.05) is 0 Å². The van der Waals surface area contributed by atoms with Crippen molar-refractivity contribution in [1.82, 2.24) is 15.0 Å². The summed E-state index contributed by atoms with van der Waals surface area (Å²) in [6, 6.07) is 10.5. The van der Waals surface area contributed by atoms with Crippen LogP contribution in [0.4, 0.5) is 0 Å². The number of pyridine rings is 1. The van der Waals surface area contributed by atoms with Gasteiger partial charge in [-0.15, -0.1) is 0 Å². The zero-order valence-corrected chi connectivity index (χ0v) is 14.7. The summed E-state index contributed by atoms with van der Waals surface area (Å²) in [6.45, 7) is 6.42. The summed E-state index contributed by atoms with van der Waals surface area (Å²) in [4.78, 5) is 19.7. The quantitative estimate of drug-likeness (QED) is 0.724. The van der Waals surface area contributed by atoms with Crippen LogP contribution in [0.25, 0.3) is 11.1 Å². The van der Waals surface area contributed by atoms with Gasteiger partial charge in [0.25, 0.3) is 11.6 Å². The summed E-state index contributed by atoms with van der Waals surface area (Å²) < 4.78 is 5.28. The minimum Gasteiger partial charge on any atom is -0.336 e. The van der Waals surface area contributed by atoms with Crippen LogP contribution in [-0.4, -0.2) is 27.0 Å². The Labute approximate surface area is 146 Å². The molecule has 2 heterocycles. The molecule has 0 aliphatic heterocycles. The lowest BCUT2D eigenvalue weighted by Crippen LogP contribution is -2.33.